The van der Waals surface area contributed by atoms with Crippen molar-refractivity contribution in [1.82, 2.24) is 0 Å². The number of unbranched alkanes of at least 4 members (excludes halogenated alkanes) is 6. The van der Waals surface area contributed by atoms with Crippen LogP contribution < -0.4 is 14.2 Å². The average molecular weight is 515 g/mol. The van der Waals surface area contributed by atoms with Crippen LogP contribution in [0.1, 0.15) is 81.1 Å². The third-order valence-electron chi connectivity index (χ3n) is 6.44. The van der Waals surface area contributed by atoms with Gasteiger partial charge in [0.1, 0.15) is 12.4 Å². The molecule has 0 fully saturated rings. The quantitative estimate of drug-likeness (QED) is 0.0779. The normalized spacial score (nSPS) is 10.7. The number of aryl methyl sites for hydroxylation is 1. The highest BCUT2D eigenvalue weighted by Crippen LogP contribution is 2.33. The van der Waals surface area contributed by atoms with Crippen molar-refractivity contribution in [3.63, 3.8) is 0 Å². The first-order valence-electron chi connectivity index (χ1n) is 14.1. The minimum absolute atomic E-state index is 0.323. The molecular formula is C34H42O4. The van der Waals surface area contributed by atoms with Crippen LogP contribution in [0, 0.1) is 0 Å². The summed E-state index contributed by atoms with van der Waals surface area (Å²) < 4.78 is 17.9. The van der Waals surface area contributed by atoms with Crippen LogP contribution >= 0.6 is 0 Å². The van der Waals surface area contributed by atoms with Crippen LogP contribution in [-0.2, 0) is 6.42 Å². The predicted molar refractivity (Wildman–Crippen MR) is 156 cm³/mol. The summed E-state index contributed by atoms with van der Waals surface area (Å²) >= 11 is 0. The van der Waals surface area contributed by atoms with Crippen LogP contribution in [0.25, 0.3) is 11.1 Å². The second-order valence-electron chi connectivity index (χ2n) is 9.57. The van der Waals surface area contributed by atoms with E-state index in [1.54, 1.807) is 24.3 Å². The van der Waals surface area contributed by atoms with Crippen molar-refractivity contribution < 1.29 is 19.0 Å². The van der Waals surface area contributed by atoms with Crippen LogP contribution in [-0.4, -0.2) is 19.2 Å². The molecule has 0 aliphatic rings. The summed E-state index contributed by atoms with van der Waals surface area (Å²) in [5.74, 6) is 1.28. The molecule has 0 spiro atoms. The maximum Gasteiger partial charge on any atom is 0.343 e. The summed E-state index contributed by atoms with van der Waals surface area (Å²) in [7, 11) is 0. The second kappa shape index (κ2) is 16.3. The van der Waals surface area contributed by atoms with E-state index in [1.807, 2.05) is 42.5 Å². The lowest BCUT2D eigenvalue weighted by Gasteiger charge is -2.15. The van der Waals surface area contributed by atoms with Gasteiger partial charge in [-0.05, 0) is 54.7 Å². The van der Waals surface area contributed by atoms with E-state index in [0.29, 0.717) is 36.0 Å². The Hall–Kier alpha value is -3.53. The van der Waals surface area contributed by atoms with E-state index in [2.05, 4.69) is 26.5 Å². The molecule has 0 radical (unpaired) electrons. The van der Waals surface area contributed by atoms with Gasteiger partial charge in [-0.25, -0.2) is 4.79 Å². The van der Waals surface area contributed by atoms with Gasteiger partial charge in [0.15, 0.2) is 11.5 Å². The summed E-state index contributed by atoms with van der Waals surface area (Å²) in [6.45, 7) is 9.07. The molecule has 202 valence electrons. The second-order valence-corrected chi connectivity index (χ2v) is 9.57. The molecule has 4 nitrogen and oxygen atoms in total. The predicted octanol–water partition coefficient (Wildman–Crippen LogP) is 9.22. The van der Waals surface area contributed by atoms with Gasteiger partial charge >= 0.3 is 5.97 Å². The van der Waals surface area contributed by atoms with Crippen LogP contribution in [0.15, 0.2) is 79.4 Å². The number of hydrogen-bond donors (Lipinski definition) is 0. The highest BCUT2D eigenvalue weighted by atomic mass is 16.5. The summed E-state index contributed by atoms with van der Waals surface area (Å²) in [5, 5.41) is 0. The number of hydrogen-bond acceptors (Lipinski definition) is 4. The number of esters is 1. The van der Waals surface area contributed by atoms with E-state index >= 15 is 0 Å². The lowest BCUT2D eigenvalue weighted by Crippen LogP contribution is -2.11. The van der Waals surface area contributed by atoms with Gasteiger partial charge < -0.3 is 14.2 Å². The van der Waals surface area contributed by atoms with Gasteiger partial charge in [-0.2, -0.15) is 0 Å². The topological polar surface area (TPSA) is 44.8 Å². The number of benzene rings is 3. The third-order valence-corrected chi connectivity index (χ3v) is 6.44. The minimum Gasteiger partial charge on any atom is -0.490 e. The largest absolute Gasteiger partial charge is 0.490 e. The van der Waals surface area contributed by atoms with Crippen LogP contribution in [0.2, 0.25) is 0 Å². The molecular weight excluding hydrogens is 472 g/mol. The minimum atomic E-state index is -0.430. The summed E-state index contributed by atoms with van der Waals surface area (Å²) in [5.41, 5.74) is 3.46. The highest BCUT2D eigenvalue weighted by Gasteiger charge is 2.17. The van der Waals surface area contributed by atoms with Gasteiger partial charge in [0, 0.05) is 5.56 Å². The van der Waals surface area contributed by atoms with E-state index in [1.165, 1.54) is 25.7 Å². The van der Waals surface area contributed by atoms with Crippen LogP contribution in [0.4, 0.5) is 0 Å². The summed E-state index contributed by atoms with van der Waals surface area (Å²) in [6.07, 6.45) is 12.0. The first kappa shape index (κ1) is 29.0. The SMILES string of the molecule is C=CCOc1cc(C(=O)Oc2cc(CCCC)ccc2-c2ccccc2)ccc1OCCCCCCCC. The fraction of sp³-hybridized carbons (Fsp3) is 0.382. The van der Waals surface area contributed by atoms with Crippen molar-refractivity contribution in [3.05, 3.63) is 90.5 Å². The van der Waals surface area contributed by atoms with Gasteiger partial charge in [-0.3, -0.25) is 0 Å². The van der Waals surface area contributed by atoms with E-state index < -0.39 is 5.97 Å². The van der Waals surface area contributed by atoms with E-state index in [4.69, 9.17) is 14.2 Å². The molecule has 0 aromatic heterocycles. The van der Waals surface area contributed by atoms with Crippen molar-refractivity contribution >= 4 is 5.97 Å². The fourth-order valence-corrected chi connectivity index (χ4v) is 4.28. The molecule has 0 atom stereocenters. The Morgan fingerprint density at radius 1 is 0.763 bits per heavy atom. The van der Waals surface area contributed by atoms with Crippen molar-refractivity contribution in [2.45, 2.75) is 71.6 Å². The molecule has 0 amide bonds. The Balaban J connectivity index is 1.76. The Labute approximate surface area is 228 Å². The van der Waals surface area contributed by atoms with E-state index in [9.17, 15) is 4.79 Å². The Morgan fingerprint density at radius 3 is 2.29 bits per heavy atom. The first-order valence-corrected chi connectivity index (χ1v) is 14.1. The zero-order chi connectivity index (χ0) is 27.0. The van der Waals surface area contributed by atoms with Gasteiger partial charge in [-0.15, -0.1) is 0 Å². The van der Waals surface area contributed by atoms with Gasteiger partial charge in [-0.1, -0.05) is 107 Å². The highest BCUT2D eigenvalue weighted by molar-refractivity contribution is 5.93. The van der Waals surface area contributed by atoms with Crippen molar-refractivity contribution in [2.75, 3.05) is 13.2 Å². The molecule has 38 heavy (non-hydrogen) atoms. The third kappa shape index (κ3) is 9.09. The fourth-order valence-electron chi connectivity index (χ4n) is 4.28. The summed E-state index contributed by atoms with van der Waals surface area (Å²) in [4.78, 5) is 13.3. The molecule has 4 heteroatoms. The molecule has 0 saturated heterocycles. The Morgan fingerprint density at radius 2 is 1.53 bits per heavy atom. The first-order chi connectivity index (χ1) is 18.7. The number of ether oxygens (including phenoxy) is 3. The standard InChI is InChI=1S/C34H42O4/c1-4-7-9-10-11-15-24-37-31-22-20-29(26-33(31)36-23-6-3)34(35)38-32-25-27(16-8-5-2)19-21-30(32)28-17-13-12-14-18-28/h6,12-14,17-22,25-26H,3-5,7-11,15-16,23-24H2,1-2H3. The van der Waals surface area contributed by atoms with Gasteiger partial charge in [0.25, 0.3) is 0 Å². The van der Waals surface area contributed by atoms with Crippen molar-refractivity contribution in [1.29, 1.82) is 0 Å². The van der Waals surface area contributed by atoms with Crippen LogP contribution in [0.3, 0.4) is 0 Å². The maximum atomic E-state index is 13.3. The lowest BCUT2D eigenvalue weighted by atomic mass is 10.0. The van der Waals surface area contributed by atoms with E-state index in [-0.39, 0.29) is 0 Å². The smallest absolute Gasteiger partial charge is 0.343 e. The van der Waals surface area contributed by atoms with Crippen molar-refractivity contribution in [3.8, 4) is 28.4 Å². The average Bonchev–Trinajstić information content (AvgIpc) is 2.95. The molecule has 3 aromatic rings. The molecule has 0 N–H and O–H groups in total. The van der Waals surface area contributed by atoms with Gasteiger partial charge in [0.05, 0.1) is 12.2 Å². The number of rotatable bonds is 17. The molecule has 0 saturated carbocycles. The zero-order valence-corrected chi connectivity index (χ0v) is 23.0. The molecule has 0 aliphatic heterocycles. The molecule has 0 heterocycles. The van der Waals surface area contributed by atoms with Crippen LogP contribution in [0.5, 0.6) is 17.2 Å². The van der Waals surface area contributed by atoms with Gasteiger partial charge in [0.2, 0.25) is 0 Å². The molecule has 0 unspecified atom stereocenters. The Kier molecular flexibility index (Phi) is 12.5. The molecule has 3 aromatic carbocycles. The summed E-state index contributed by atoms with van der Waals surface area (Å²) in [6, 6.07) is 21.4. The molecule has 3 rings (SSSR count). The molecule has 0 bridgehead atoms. The lowest BCUT2D eigenvalue weighted by molar-refractivity contribution is 0.0735. The number of carbonyl (C=O) groups excluding carboxylic acids is 1. The zero-order valence-electron chi connectivity index (χ0n) is 23.0. The molecule has 0 aliphatic carbocycles. The monoisotopic (exact) mass is 514 g/mol. The maximum absolute atomic E-state index is 13.3. The Bertz CT molecular complexity index is 1140. The number of carbonyl (C=O) groups is 1. The van der Waals surface area contributed by atoms with E-state index in [0.717, 1.165) is 48.8 Å². The van der Waals surface area contributed by atoms with Crippen molar-refractivity contribution in [2.24, 2.45) is 0 Å².